The van der Waals surface area contributed by atoms with Gasteiger partial charge in [-0.3, -0.25) is 4.68 Å². The van der Waals surface area contributed by atoms with E-state index in [-0.39, 0.29) is 28.6 Å². The molecule has 1 heterocycles. The Hall–Kier alpha value is -2.90. The smallest absolute Gasteiger partial charge is 0.357 e. The Balaban J connectivity index is 2.12. The van der Waals surface area contributed by atoms with Crippen molar-refractivity contribution in [2.45, 2.75) is 13.0 Å². The van der Waals surface area contributed by atoms with Crippen LogP contribution in [0.5, 0.6) is 0 Å². The molecule has 0 radical (unpaired) electrons. The maximum atomic E-state index is 13.8. The summed E-state index contributed by atoms with van der Waals surface area (Å²) in [6.45, 7) is -0.163. The average Bonchev–Trinajstić information content (AvgIpc) is 2.88. The number of hydrogen-bond donors (Lipinski definition) is 1. The first-order chi connectivity index (χ1) is 11.4. The second kappa shape index (κ2) is 5.95. The summed E-state index contributed by atoms with van der Waals surface area (Å²) in [4.78, 5) is 11.3. The predicted octanol–water partition coefficient (Wildman–Crippen LogP) is 4.00. The number of benzene rings is 2. The molecule has 0 aliphatic heterocycles. The molecule has 0 aliphatic carbocycles. The van der Waals surface area contributed by atoms with Gasteiger partial charge in [-0.2, -0.15) is 5.10 Å². The van der Waals surface area contributed by atoms with Crippen LogP contribution >= 0.6 is 0 Å². The highest BCUT2D eigenvalue weighted by Crippen LogP contribution is 2.27. The number of nitrogens with zero attached hydrogens (tertiary/aromatic N) is 2. The summed E-state index contributed by atoms with van der Waals surface area (Å²) < 4.78 is 53.5. The van der Waals surface area contributed by atoms with Crippen LogP contribution in [0.15, 0.2) is 36.4 Å². The molecule has 0 amide bonds. The maximum Gasteiger partial charge on any atom is 0.357 e. The molecule has 124 valence electrons. The number of alkyl halides is 2. The van der Waals surface area contributed by atoms with Crippen LogP contribution in [0.25, 0.3) is 10.9 Å². The van der Waals surface area contributed by atoms with E-state index in [1.165, 1.54) is 16.8 Å². The number of hydrogen-bond acceptors (Lipinski definition) is 2. The molecule has 0 bridgehead atoms. The Morgan fingerprint density at radius 3 is 2.54 bits per heavy atom. The molecule has 4 nitrogen and oxygen atoms in total. The third-order valence-corrected chi connectivity index (χ3v) is 3.56. The van der Waals surface area contributed by atoms with Gasteiger partial charge >= 0.3 is 5.97 Å². The van der Waals surface area contributed by atoms with Crippen LogP contribution in [0, 0.1) is 11.6 Å². The van der Waals surface area contributed by atoms with Gasteiger partial charge in [0.05, 0.1) is 12.1 Å². The number of carboxylic acids is 1. The number of rotatable bonds is 4. The summed E-state index contributed by atoms with van der Waals surface area (Å²) in [5.41, 5.74) is -0.385. The highest BCUT2D eigenvalue weighted by Gasteiger charge is 2.19. The average molecular weight is 338 g/mol. The molecule has 1 aromatic heterocycles. The molecular weight excluding hydrogens is 328 g/mol. The Morgan fingerprint density at radius 2 is 1.92 bits per heavy atom. The van der Waals surface area contributed by atoms with Gasteiger partial charge in [-0.15, -0.1) is 0 Å². The van der Waals surface area contributed by atoms with Gasteiger partial charge in [-0.1, -0.05) is 12.1 Å². The van der Waals surface area contributed by atoms with Crippen LogP contribution in [-0.4, -0.2) is 20.9 Å². The zero-order chi connectivity index (χ0) is 17.4. The summed E-state index contributed by atoms with van der Waals surface area (Å²) in [7, 11) is 0. The molecule has 0 fully saturated rings. The monoisotopic (exact) mass is 338 g/mol. The number of carboxylic acid groups (broad SMARTS) is 1. The molecule has 3 aromatic rings. The highest BCUT2D eigenvalue weighted by molar-refractivity contribution is 6.01. The molecule has 1 N–H and O–H groups in total. The molecule has 24 heavy (non-hydrogen) atoms. The van der Waals surface area contributed by atoms with Crippen molar-refractivity contribution < 1.29 is 27.5 Å². The number of fused-ring (bicyclic) bond motifs is 1. The number of halogens is 4. The Morgan fingerprint density at radius 1 is 1.17 bits per heavy atom. The highest BCUT2D eigenvalue weighted by atomic mass is 19.3. The Bertz CT molecular complexity index is 937. The van der Waals surface area contributed by atoms with Crippen molar-refractivity contribution in [3.63, 3.8) is 0 Å². The molecule has 8 heteroatoms. The van der Waals surface area contributed by atoms with Crippen molar-refractivity contribution in [2.24, 2.45) is 0 Å². The van der Waals surface area contributed by atoms with Crippen molar-refractivity contribution in [1.82, 2.24) is 9.78 Å². The minimum absolute atomic E-state index is 0.0304. The molecule has 0 atom stereocenters. The maximum absolute atomic E-state index is 13.8. The summed E-state index contributed by atoms with van der Waals surface area (Å²) >= 11 is 0. The van der Waals surface area contributed by atoms with E-state index in [4.69, 9.17) is 0 Å². The van der Waals surface area contributed by atoms with Gasteiger partial charge in [0.15, 0.2) is 5.69 Å². The van der Waals surface area contributed by atoms with Crippen LogP contribution in [0.4, 0.5) is 17.6 Å². The third-order valence-electron chi connectivity index (χ3n) is 3.56. The molecule has 0 saturated heterocycles. The summed E-state index contributed by atoms with van der Waals surface area (Å²) in [5.74, 6) is -2.93. The van der Waals surface area contributed by atoms with Crippen molar-refractivity contribution in [1.29, 1.82) is 0 Å². The largest absolute Gasteiger partial charge is 0.476 e. The quantitative estimate of drug-likeness (QED) is 0.732. The van der Waals surface area contributed by atoms with E-state index < -0.39 is 29.7 Å². The van der Waals surface area contributed by atoms with Gasteiger partial charge in [0.25, 0.3) is 6.43 Å². The Kier molecular flexibility index (Phi) is 3.96. The summed E-state index contributed by atoms with van der Waals surface area (Å²) in [6, 6.07) is 6.49. The predicted molar refractivity (Wildman–Crippen MR) is 77.1 cm³/mol. The molecule has 0 aliphatic rings. The lowest BCUT2D eigenvalue weighted by molar-refractivity contribution is 0.0691. The molecule has 0 unspecified atom stereocenters. The van der Waals surface area contributed by atoms with Crippen LogP contribution < -0.4 is 0 Å². The zero-order valence-electron chi connectivity index (χ0n) is 12.0. The number of aromatic nitrogens is 2. The van der Waals surface area contributed by atoms with Crippen molar-refractivity contribution in [3.05, 3.63) is 64.9 Å². The molecule has 2 aromatic carbocycles. The van der Waals surface area contributed by atoms with Gasteiger partial charge < -0.3 is 5.11 Å². The van der Waals surface area contributed by atoms with Crippen LogP contribution in [0.1, 0.15) is 28.0 Å². The van der Waals surface area contributed by atoms with Crippen LogP contribution in [0.2, 0.25) is 0 Å². The molecular formula is C16H10F4N2O2. The first-order valence-corrected chi connectivity index (χ1v) is 6.82. The standard InChI is InChI=1S/C16H10F4N2O2/c17-10-3-1-9(12(18)6-10)7-22-13-4-2-8(15(19)20)5-11(13)14(21-22)16(23)24/h1-6,15H,7H2,(H,23,24). The minimum Gasteiger partial charge on any atom is -0.476 e. The lowest BCUT2D eigenvalue weighted by Gasteiger charge is -2.06. The van der Waals surface area contributed by atoms with E-state index >= 15 is 0 Å². The fourth-order valence-electron chi connectivity index (χ4n) is 2.42. The van der Waals surface area contributed by atoms with Gasteiger partial charge in [-0.25, -0.2) is 22.4 Å². The summed E-state index contributed by atoms with van der Waals surface area (Å²) in [5, 5.41) is 13.1. The Labute approximate surface area is 132 Å². The van der Waals surface area contributed by atoms with Crippen LogP contribution in [-0.2, 0) is 6.54 Å². The van der Waals surface area contributed by atoms with Crippen molar-refractivity contribution in [3.8, 4) is 0 Å². The molecule has 0 saturated carbocycles. The lowest BCUT2D eigenvalue weighted by atomic mass is 10.1. The first kappa shape index (κ1) is 16.0. The van der Waals surface area contributed by atoms with E-state index in [1.54, 1.807) is 0 Å². The van der Waals surface area contributed by atoms with E-state index in [2.05, 4.69) is 5.10 Å². The second-order valence-corrected chi connectivity index (χ2v) is 5.12. The third kappa shape index (κ3) is 2.82. The second-order valence-electron chi connectivity index (χ2n) is 5.12. The van der Waals surface area contributed by atoms with E-state index in [0.29, 0.717) is 6.07 Å². The van der Waals surface area contributed by atoms with Crippen molar-refractivity contribution >= 4 is 16.9 Å². The molecule has 3 rings (SSSR count). The topological polar surface area (TPSA) is 55.1 Å². The fraction of sp³-hybridized carbons (Fsp3) is 0.125. The van der Waals surface area contributed by atoms with Crippen LogP contribution in [0.3, 0.4) is 0 Å². The minimum atomic E-state index is -2.76. The number of aromatic carboxylic acids is 1. The lowest BCUT2D eigenvalue weighted by Crippen LogP contribution is -2.06. The van der Waals surface area contributed by atoms with Gasteiger partial charge in [0.1, 0.15) is 11.6 Å². The van der Waals surface area contributed by atoms with Gasteiger partial charge in [-0.05, 0) is 18.2 Å². The normalized spacial score (nSPS) is 11.4. The van der Waals surface area contributed by atoms with Gasteiger partial charge in [0.2, 0.25) is 0 Å². The SMILES string of the molecule is O=C(O)c1nn(Cc2ccc(F)cc2F)c2ccc(C(F)F)cc12. The summed E-state index contributed by atoms with van der Waals surface area (Å²) in [6.07, 6.45) is -2.76. The van der Waals surface area contributed by atoms with E-state index in [9.17, 15) is 27.5 Å². The van der Waals surface area contributed by atoms with E-state index in [0.717, 1.165) is 18.2 Å². The fourth-order valence-corrected chi connectivity index (χ4v) is 2.42. The molecule has 0 spiro atoms. The number of carbonyl (C=O) groups is 1. The van der Waals surface area contributed by atoms with Crippen molar-refractivity contribution in [2.75, 3.05) is 0 Å². The first-order valence-electron chi connectivity index (χ1n) is 6.82. The van der Waals surface area contributed by atoms with Gasteiger partial charge in [0, 0.05) is 22.6 Å². The zero-order valence-corrected chi connectivity index (χ0v) is 12.0. The van der Waals surface area contributed by atoms with E-state index in [1.807, 2.05) is 0 Å².